The number of para-hydroxylation sites is 1. The molecule has 1 saturated heterocycles. The van der Waals surface area contributed by atoms with E-state index in [0.29, 0.717) is 5.91 Å². The van der Waals surface area contributed by atoms with Gasteiger partial charge in [-0.2, -0.15) is 4.37 Å². The van der Waals surface area contributed by atoms with Crippen LogP contribution in [0, 0.1) is 12.8 Å². The van der Waals surface area contributed by atoms with E-state index < -0.39 is 0 Å². The highest BCUT2D eigenvalue weighted by Crippen LogP contribution is 2.32. The van der Waals surface area contributed by atoms with Crippen LogP contribution in [0.25, 0.3) is 0 Å². The molecule has 0 spiro atoms. The maximum Gasteiger partial charge on any atom is 0.230 e. The van der Waals surface area contributed by atoms with Gasteiger partial charge in [-0.25, -0.2) is 4.98 Å². The third-order valence-electron chi connectivity index (χ3n) is 4.78. The van der Waals surface area contributed by atoms with Crippen molar-refractivity contribution in [2.24, 2.45) is 5.92 Å². The first kappa shape index (κ1) is 14.6. The van der Waals surface area contributed by atoms with Gasteiger partial charge in [0.15, 0.2) is 0 Å². The predicted molar refractivity (Wildman–Crippen MR) is 92.1 cm³/mol. The van der Waals surface area contributed by atoms with Gasteiger partial charge in [0.1, 0.15) is 5.82 Å². The van der Waals surface area contributed by atoms with Gasteiger partial charge in [0.2, 0.25) is 11.0 Å². The van der Waals surface area contributed by atoms with Gasteiger partial charge in [-0.3, -0.25) is 4.79 Å². The first-order valence-corrected chi connectivity index (χ1v) is 8.94. The van der Waals surface area contributed by atoms with Crippen LogP contribution in [0.3, 0.4) is 0 Å². The van der Waals surface area contributed by atoms with Crippen LogP contribution in [-0.2, 0) is 11.2 Å². The maximum atomic E-state index is 12.9. The van der Waals surface area contributed by atoms with E-state index in [2.05, 4.69) is 32.5 Å². The quantitative estimate of drug-likeness (QED) is 0.850. The molecule has 0 N–H and O–H groups in total. The molecular weight excluding hydrogens is 308 g/mol. The minimum atomic E-state index is 0.131. The standard InChI is InChI=1S/C17H20N4OS/c1-12-18-17(23-19-12)20-9-6-14(7-10-20)16(22)21-11-8-13-4-2-3-5-15(13)21/h2-5,14H,6-11H2,1H3. The molecule has 2 aliphatic rings. The van der Waals surface area contributed by atoms with E-state index in [9.17, 15) is 4.79 Å². The Morgan fingerprint density at radius 3 is 2.74 bits per heavy atom. The second-order valence-electron chi connectivity index (χ2n) is 6.25. The number of anilines is 2. The van der Waals surface area contributed by atoms with Crippen molar-refractivity contribution in [2.75, 3.05) is 29.4 Å². The van der Waals surface area contributed by atoms with E-state index in [0.717, 1.165) is 55.5 Å². The number of hydrogen-bond acceptors (Lipinski definition) is 5. The Kier molecular flexibility index (Phi) is 3.77. The summed E-state index contributed by atoms with van der Waals surface area (Å²) in [6.07, 6.45) is 2.77. The molecule has 120 valence electrons. The summed E-state index contributed by atoms with van der Waals surface area (Å²) in [4.78, 5) is 21.6. The lowest BCUT2D eigenvalue weighted by atomic mass is 9.95. The van der Waals surface area contributed by atoms with Crippen molar-refractivity contribution in [3.63, 3.8) is 0 Å². The minimum absolute atomic E-state index is 0.131. The Morgan fingerprint density at radius 2 is 2.00 bits per heavy atom. The van der Waals surface area contributed by atoms with Crippen molar-refractivity contribution in [1.82, 2.24) is 9.36 Å². The van der Waals surface area contributed by atoms with E-state index in [1.54, 1.807) is 0 Å². The fourth-order valence-corrected chi connectivity index (χ4v) is 4.25. The maximum absolute atomic E-state index is 12.9. The lowest BCUT2D eigenvalue weighted by molar-refractivity contribution is -0.122. The van der Waals surface area contributed by atoms with Gasteiger partial charge in [-0.05, 0) is 37.8 Å². The second kappa shape index (κ2) is 5.92. The van der Waals surface area contributed by atoms with Crippen molar-refractivity contribution in [3.8, 4) is 0 Å². The van der Waals surface area contributed by atoms with Gasteiger partial charge in [-0.1, -0.05) is 18.2 Å². The van der Waals surface area contributed by atoms with E-state index in [4.69, 9.17) is 0 Å². The van der Waals surface area contributed by atoms with Crippen molar-refractivity contribution < 1.29 is 4.79 Å². The molecule has 0 bridgehead atoms. The van der Waals surface area contributed by atoms with Crippen LogP contribution in [0.5, 0.6) is 0 Å². The fourth-order valence-electron chi connectivity index (χ4n) is 3.52. The minimum Gasteiger partial charge on any atom is -0.347 e. The Labute approximate surface area is 140 Å². The van der Waals surface area contributed by atoms with Crippen LogP contribution in [-0.4, -0.2) is 34.9 Å². The summed E-state index contributed by atoms with van der Waals surface area (Å²) < 4.78 is 4.25. The molecular formula is C17H20N4OS. The fraction of sp³-hybridized carbons (Fsp3) is 0.471. The highest BCUT2D eigenvalue weighted by Gasteiger charge is 2.32. The summed E-state index contributed by atoms with van der Waals surface area (Å²) in [6, 6.07) is 8.27. The smallest absolute Gasteiger partial charge is 0.230 e. The van der Waals surface area contributed by atoms with Gasteiger partial charge in [0, 0.05) is 42.8 Å². The Balaban J connectivity index is 1.42. The van der Waals surface area contributed by atoms with Crippen LogP contribution in [0.4, 0.5) is 10.8 Å². The SMILES string of the molecule is Cc1nsc(N2CCC(C(=O)N3CCc4ccccc43)CC2)n1. The zero-order valence-electron chi connectivity index (χ0n) is 13.2. The van der Waals surface area contributed by atoms with Crippen LogP contribution < -0.4 is 9.80 Å². The van der Waals surface area contributed by atoms with E-state index >= 15 is 0 Å². The lowest BCUT2D eigenvalue weighted by Gasteiger charge is -2.32. The lowest BCUT2D eigenvalue weighted by Crippen LogP contribution is -2.42. The molecule has 0 aliphatic carbocycles. The molecule has 23 heavy (non-hydrogen) atoms. The first-order valence-electron chi connectivity index (χ1n) is 8.17. The van der Waals surface area contributed by atoms with Crippen LogP contribution >= 0.6 is 11.5 Å². The molecule has 4 rings (SSSR count). The first-order chi connectivity index (χ1) is 11.2. The summed E-state index contributed by atoms with van der Waals surface area (Å²) in [6.45, 7) is 4.52. The third kappa shape index (κ3) is 2.72. The third-order valence-corrected chi connectivity index (χ3v) is 5.65. The summed E-state index contributed by atoms with van der Waals surface area (Å²) in [5.41, 5.74) is 2.40. The molecule has 6 heteroatoms. The normalized spacial score (nSPS) is 18.3. The highest BCUT2D eigenvalue weighted by atomic mass is 32.1. The number of fused-ring (bicyclic) bond motifs is 1. The van der Waals surface area contributed by atoms with Crippen molar-refractivity contribution in [3.05, 3.63) is 35.7 Å². The topological polar surface area (TPSA) is 49.3 Å². The molecule has 1 amide bonds. The van der Waals surface area contributed by atoms with E-state index in [1.165, 1.54) is 17.1 Å². The molecule has 5 nitrogen and oxygen atoms in total. The molecule has 0 radical (unpaired) electrons. The average molecular weight is 328 g/mol. The summed E-state index contributed by atoms with van der Waals surface area (Å²) in [7, 11) is 0. The van der Waals surface area contributed by atoms with Gasteiger partial charge in [0.25, 0.3) is 0 Å². The molecule has 1 aromatic carbocycles. The number of hydrogen-bond donors (Lipinski definition) is 0. The summed E-state index contributed by atoms with van der Waals surface area (Å²) in [5.74, 6) is 1.26. The highest BCUT2D eigenvalue weighted by molar-refractivity contribution is 7.09. The zero-order valence-corrected chi connectivity index (χ0v) is 14.1. The Bertz CT molecular complexity index is 721. The van der Waals surface area contributed by atoms with Crippen LogP contribution in [0.2, 0.25) is 0 Å². The van der Waals surface area contributed by atoms with Gasteiger partial charge in [-0.15, -0.1) is 0 Å². The van der Waals surface area contributed by atoms with E-state index in [-0.39, 0.29) is 5.92 Å². The molecule has 3 heterocycles. The number of benzene rings is 1. The Morgan fingerprint density at radius 1 is 1.22 bits per heavy atom. The second-order valence-corrected chi connectivity index (χ2v) is 6.98. The number of rotatable bonds is 2. The summed E-state index contributed by atoms with van der Waals surface area (Å²) in [5, 5.41) is 0.986. The molecule has 2 aromatic rings. The van der Waals surface area contributed by atoms with Crippen molar-refractivity contribution in [2.45, 2.75) is 26.2 Å². The number of amides is 1. The molecule has 0 unspecified atom stereocenters. The van der Waals surface area contributed by atoms with Crippen LogP contribution in [0.15, 0.2) is 24.3 Å². The van der Waals surface area contributed by atoms with Gasteiger partial charge in [0.05, 0.1) is 0 Å². The molecule has 0 atom stereocenters. The Hall–Kier alpha value is -1.95. The molecule has 1 aromatic heterocycles. The predicted octanol–water partition coefficient (Wildman–Crippen LogP) is 2.65. The summed E-state index contributed by atoms with van der Waals surface area (Å²) >= 11 is 1.45. The number of carbonyl (C=O) groups is 1. The van der Waals surface area contributed by atoms with Gasteiger partial charge < -0.3 is 9.80 Å². The number of piperidine rings is 1. The largest absolute Gasteiger partial charge is 0.347 e. The van der Waals surface area contributed by atoms with Gasteiger partial charge >= 0.3 is 0 Å². The zero-order chi connectivity index (χ0) is 15.8. The van der Waals surface area contributed by atoms with Crippen molar-refractivity contribution >= 4 is 28.3 Å². The molecule has 0 saturated carbocycles. The number of nitrogens with zero attached hydrogens (tertiary/aromatic N) is 4. The van der Waals surface area contributed by atoms with E-state index in [1.807, 2.05) is 17.9 Å². The van der Waals surface area contributed by atoms with Crippen molar-refractivity contribution in [1.29, 1.82) is 0 Å². The number of aromatic nitrogens is 2. The van der Waals surface area contributed by atoms with Crippen LogP contribution in [0.1, 0.15) is 24.2 Å². The molecule has 1 fully saturated rings. The number of aryl methyl sites for hydroxylation is 1. The molecule has 2 aliphatic heterocycles. The number of carbonyl (C=O) groups excluding carboxylic acids is 1. The monoisotopic (exact) mass is 328 g/mol. The average Bonchev–Trinajstić information content (AvgIpc) is 3.21.